The molecule has 0 atom stereocenters. The van der Waals surface area contributed by atoms with Crippen LogP contribution in [0.1, 0.15) is 32.6 Å². The Bertz CT molecular complexity index is 216. The summed E-state index contributed by atoms with van der Waals surface area (Å²) < 4.78 is 28.9. The molecule has 0 saturated carbocycles. The minimum absolute atomic E-state index is 0.135. The molecule has 0 fully saturated rings. The van der Waals surface area contributed by atoms with Crippen molar-refractivity contribution in [2.45, 2.75) is 32.6 Å². The van der Waals surface area contributed by atoms with Gasteiger partial charge in [-0.15, -0.1) is 0 Å². The monoisotopic (exact) mass is 192 g/mol. The van der Waals surface area contributed by atoms with Gasteiger partial charge in [-0.05, 0) is 19.3 Å². The highest BCUT2D eigenvalue weighted by Crippen LogP contribution is 1.97. The molecule has 0 saturated heterocycles. The molecular formula is C8H16O3S. The van der Waals surface area contributed by atoms with Crippen LogP contribution in [0.3, 0.4) is 0 Å². The van der Waals surface area contributed by atoms with Crippen molar-refractivity contribution >= 4 is 10.1 Å². The summed E-state index contributed by atoms with van der Waals surface area (Å²) in [7, 11) is -3.75. The molecule has 0 aliphatic heterocycles. The zero-order valence-corrected chi connectivity index (χ0v) is 8.18. The highest BCUT2D eigenvalue weighted by atomic mass is 32.2. The van der Waals surface area contributed by atoms with Crippen LogP contribution in [0.4, 0.5) is 0 Å². The van der Waals surface area contributed by atoms with Crippen molar-refractivity contribution in [1.29, 1.82) is 0 Å². The summed E-state index contributed by atoms with van der Waals surface area (Å²) in [6, 6.07) is 0. The maximum atomic E-state index is 10.3. The van der Waals surface area contributed by atoms with Crippen LogP contribution in [0.25, 0.3) is 0 Å². The van der Waals surface area contributed by atoms with Gasteiger partial charge in [0, 0.05) is 0 Å². The molecule has 3 nitrogen and oxygen atoms in total. The van der Waals surface area contributed by atoms with Crippen molar-refractivity contribution < 1.29 is 13.0 Å². The number of allylic oxidation sites excluding steroid dienone is 2. The van der Waals surface area contributed by atoms with Gasteiger partial charge in [0.25, 0.3) is 10.1 Å². The van der Waals surface area contributed by atoms with E-state index in [0.717, 1.165) is 19.3 Å². The maximum absolute atomic E-state index is 10.3. The first-order chi connectivity index (χ1) is 5.56. The summed E-state index contributed by atoms with van der Waals surface area (Å²) in [5, 5.41) is 0. The van der Waals surface area contributed by atoms with E-state index >= 15 is 0 Å². The summed E-state index contributed by atoms with van der Waals surface area (Å²) in [6.45, 7) is 2.09. The van der Waals surface area contributed by atoms with Crippen LogP contribution in [0, 0.1) is 0 Å². The van der Waals surface area contributed by atoms with Gasteiger partial charge in [0.2, 0.25) is 0 Å². The van der Waals surface area contributed by atoms with E-state index in [2.05, 4.69) is 6.92 Å². The van der Waals surface area contributed by atoms with Crippen molar-refractivity contribution in [3.63, 3.8) is 0 Å². The third kappa shape index (κ3) is 9.65. The first-order valence-electron chi connectivity index (χ1n) is 4.16. The Morgan fingerprint density at radius 3 is 2.33 bits per heavy atom. The molecule has 0 aromatic heterocycles. The Morgan fingerprint density at radius 1 is 1.25 bits per heavy atom. The Labute approximate surface area is 74.2 Å². The first kappa shape index (κ1) is 11.6. The largest absolute Gasteiger partial charge is 0.286 e. The molecule has 72 valence electrons. The fourth-order valence-electron chi connectivity index (χ4n) is 0.786. The van der Waals surface area contributed by atoms with Crippen LogP contribution < -0.4 is 0 Å². The van der Waals surface area contributed by atoms with E-state index in [9.17, 15) is 8.42 Å². The van der Waals surface area contributed by atoms with E-state index < -0.39 is 10.1 Å². The Kier molecular flexibility index (Phi) is 6.02. The Balaban J connectivity index is 3.34. The van der Waals surface area contributed by atoms with E-state index in [1.54, 1.807) is 0 Å². The number of unbranched alkanes of at least 4 members (excludes halogenated alkanes) is 2. The minimum atomic E-state index is -3.75. The molecule has 12 heavy (non-hydrogen) atoms. The van der Waals surface area contributed by atoms with Crippen molar-refractivity contribution in [2.24, 2.45) is 0 Å². The SMILES string of the molecule is CCC/C=C/CCCS(=O)(=O)O. The second kappa shape index (κ2) is 6.20. The van der Waals surface area contributed by atoms with Crippen LogP contribution in [0.15, 0.2) is 12.2 Å². The molecule has 4 heteroatoms. The standard InChI is InChI=1S/C8H16O3S/c1-2-3-4-5-6-7-8-12(9,10)11/h4-5H,2-3,6-8H2,1H3,(H,9,10,11)/b5-4+. The van der Waals surface area contributed by atoms with Crippen molar-refractivity contribution in [1.82, 2.24) is 0 Å². The molecular weight excluding hydrogens is 176 g/mol. The predicted molar refractivity (Wildman–Crippen MR) is 49.7 cm³/mol. The van der Waals surface area contributed by atoms with Gasteiger partial charge in [0.15, 0.2) is 0 Å². The quantitative estimate of drug-likeness (QED) is 0.398. The molecule has 0 amide bonds. The summed E-state index contributed by atoms with van der Waals surface area (Å²) in [5.41, 5.74) is 0. The van der Waals surface area contributed by atoms with E-state index in [4.69, 9.17) is 4.55 Å². The summed E-state index contributed by atoms with van der Waals surface area (Å²) in [5.74, 6) is -0.135. The zero-order valence-electron chi connectivity index (χ0n) is 7.36. The smallest absolute Gasteiger partial charge is 0.264 e. The highest BCUT2D eigenvalue weighted by Gasteiger charge is 2.01. The van der Waals surface area contributed by atoms with Gasteiger partial charge in [-0.1, -0.05) is 25.5 Å². The Hall–Kier alpha value is -0.350. The average molecular weight is 192 g/mol. The molecule has 0 rings (SSSR count). The molecule has 0 aliphatic rings. The van der Waals surface area contributed by atoms with Crippen LogP contribution in [-0.2, 0) is 10.1 Å². The molecule has 0 aliphatic carbocycles. The summed E-state index contributed by atoms with van der Waals surface area (Å²) in [4.78, 5) is 0. The lowest BCUT2D eigenvalue weighted by Crippen LogP contribution is -2.02. The normalized spacial score (nSPS) is 12.5. The maximum Gasteiger partial charge on any atom is 0.264 e. The number of hydrogen-bond acceptors (Lipinski definition) is 2. The van der Waals surface area contributed by atoms with E-state index in [1.165, 1.54) is 0 Å². The van der Waals surface area contributed by atoms with Gasteiger partial charge < -0.3 is 0 Å². The third-order valence-electron chi connectivity index (χ3n) is 1.40. The molecule has 0 aromatic rings. The fraction of sp³-hybridized carbons (Fsp3) is 0.750. The minimum Gasteiger partial charge on any atom is -0.286 e. The summed E-state index contributed by atoms with van der Waals surface area (Å²) in [6.07, 6.45) is 7.35. The van der Waals surface area contributed by atoms with Gasteiger partial charge >= 0.3 is 0 Å². The van der Waals surface area contributed by atoms with Crippen LogP contribution in [0.2, 0.25) is 0 Å². The van der Waals surface area contributed by atoms with Gasteiger partial charge in [-0.25, -0.2) is 0 Å². The predicted octanol–water partition coefficient (Wildman–Crippen LogP) is 2.01. The topological polar surface area (TPSA) is 54.4 Å². The van der Waals surface area contributed by atoms with E-state index in [-0.39, 0.29) is 5.75 Å². The van der Waals surface area contributed by atoms with Crippen LogP contribution in [-0.4, -0.2) is 18.7 Å². The fourth-order valence-corrected chi connectivity index (χ4v) is 1.32. The molecule has 0 unspecified atom stereocenters. The molecule has 1 N–H and O–H groups in total. The average Bonchev–Trinajstić information content (AvgIpc) is 1.94. The lowest BCUT2D eigenvalue weighted by molar-refractivity contribution is 0.481. The highest BCUT2D eigenvalue weighted by molar-refractivity contribution is 7.85. The lowest BCUT2D eigenvalue weighted by Gasteiger charge is -1.92. The molecule has 0 bridgehead atoms. The third-order valence-corrected chi connectivity index (χ3v) is 2.20. The van der Waals surface area contributed by atoms with Crippen LogP contribution in [0.5, 0.6) is 0 Å². The molecule has 0 heterocycles. The summed E-state index contributed by atoms with van der Waals surface area (Å²) >= 11 is 0. The van der Waals surface area contributed by atoms with E-state index in [0.29, 0.717) is 6.42 Å². The number of hydrogen-bond donors (Lipinski definition) is 1. The van der Waals surface area contributed by atoms with Gasteiger partial charge in [0.1, 0.15) is 0 Å². The number of rotatable bonds is 6. The lowest BCUT2D eigenvalue weighted by atomic mass is 10.2. The molecule has 0 aromatic carbocycles. The van der Waals surface area contributed by atoms with E-state index in [1.807, 2.05) is 12.2 Å². The Morgan fingerprint density at radius 2 is 1.83 bits per heavy atom. The van der Waals surface area contributed by atoms with Crippen molar-refractivity contribution in [3.8, 4) is 0 Å². The van der Waals surface area contributed by atoms with Gasteiger partial charge in [0.05, 0.1) is 5.75 Å². The van der Waals surface area contributed by atoms with Crippen molar-refractivity contribution in [3.05, 3.63) is 12.2 Å². The zero-order chi connectivity index (χ0) is 9.45. The second-order valence-corrected chi connectivity index (χ2v) is 4.26. The molecule has 0 spiro atoms. The first-order valence-corrected chi connectivity index (χ1v) is 5.77. The van der Waals surface area contributed by atoms with Gasteiger partial charge in [-0.2, -0.15) is 8.42 Å². The van der Waals surface area contributed by atoms with Gasteiger partial charge in [-0.3, -0.25) is 4.55 Å². The van der Waals surface area contributed by atoms with Crippen LogP contribution >= 0.6 is 0 Å². The molecule has 0 radical (unpaired) electrons. The second-order valence-electron chi connectivity index (χ2n) is 2.69. The van der Waals surface area contributed by atoms with Crippen molar-refractivity contribution in [2.75, 3.05) is 5.75 Å².